The third-order valence-corrected chi connectivity index (χ3v) is 2.90. The van der Waals surface area contributed by atoms with E-state index in [9.17, 15) is 0 Å². The van der Waals surface area contributed by atoms with Crippen LogP contribution in [-0.2, 0) is 9.53 Å². The van der Waals surface area contributed by atoms with Gasteiger partial charge in [-0.1, -0.05) is 13.3 Å². The van der Waals surface area contributed by atoms with Gasteiger partial charge in [0.2, 0.25) is 0 Å². The molecule has 0 aromatic carbocycles. The third kappa shape index (κ3) is 5.67. The van der Waals surface area contributed by atoms with Crippen molar-refractivity contribution >= 4 is 6.08 Å². The highest BCUT2D eigenvalue weighted by Crippen LogP contribution is 2.20. The molecule has 0 aromatic rings. The molecule has 1 rings (SSSR count). The summed E-state index contributed by atoms with van der Waals surface area (Å²) in [5, 5.41) is 6.76. The lowest BCUT2D eigenvalue weighted by Gasteiger charge is -2.33. The van der Waals surface area contributed by atoms with E-state index in [0.29, 0.717) is 6.08 Å². The molecule has 0 spiro atoms. The maximum absolute atomic E-state index is 8.24. The van der Waals surface area contributed by atoms with Crippen molar-refractivity contribution in [2.45, 2.75) is 32.6 Å². The van der Waals surface area contributed by atoms with Crippen molar-refractivity contribution in [3.05, 3.63) is 5.41 Å². The van der Waals surface area contributed by atoms with Crippen LogP contribution in [-0.4, -0.2) is 44.0 Å². The molecule has 1 saturated heterocycles. The summed E-state index contributed by atoms with van der Waals surface area (Å²) < 4.78 is 6.52. The van der Waals surface area contributed by atoms with Crippen molar-refractivity contribution in [3.8, 4) is 0 Å². The van der Waals surface area contributed by atoms with Crippen LogP contribution in [0.4, 0.5) is 0 Å². The van der Waals surface area contributed by atoms with Crippen molar-refractivity contribution in [1.82, 2.24) is 0 Å². The van der Waals surface area contributed by atoms with Crippen LogP contribution in [0.2, 0.25) is 0 Å². The second-order valence-electron chi connectivity index (χ2n) is 4.08. The number of unbranched alkanes of at least 4 members (excludes halogenated alkanes) is 1. The molecule has 1 fully saturated rings. The topological polar surface area (TPSA) is 48.6 Å². The molecule has 0 N–H and O–H groups in total. The van der Waals surface area contributed by atoms with Crippen LogP contribution in [0.25, 0.3) is 5.41 Å². The Morgan fingerprint density at radius 2 is 1.93 bits per heavy atom. The van der Waals surface area contributed by atoms with E-state index in [1.807, 2.05) is 7.11 Å². The molecule has 0 aromatic heterocycles. The number of hydrogen-bond donors (Lipinski definition) is 0. The van der Waals surface area contributed by atoms with E-state index in [-0.39, 0.29) is 0 Å². The van der Waals surface area contributed by atoms with Crippen molar-refractivity contribution in [2.75, 3.05) is 33.5 Å². The molecule has 4 heteroatoms. The van der Waals surface area contributed by atoms with E-state index in [1.165, 1.54) is 49.8 Å². The number of likely N-dealkylation sites (tertiary alicyclic amines) is 1. The molecule has 1 aliphatic rings. The van der Waals surface area contributed by atoms with Crippen LogP contribution in [0, 0.1) is 0 Å². The fourth-order valence-corrected chi connectivity index (χ4v) is 2.19. The number of nitrogens with zero attached hydrogens (tertiary/aromatic N) is 2. The molecule has 0 saturated carbocycles. The summed E-state index contributed by atoms with van der Waals surface area (Å²) in [5.74, 6) is 0. The predicted molar refractivity (Wildman–Crippen MR) is 59.9 cm³/mol. The highest BCUT2D eigenvalue weighted by molar-refractivity contribution is 5.36. The molecular formula is C11H22N2O2. The summed E-state index contributed by atoms with van der Waals surface area (Å²) in [6.07, 6.45) is 5.95. The smallest absolute Gasteiger partial charge is 0.182 e. The van der Waals surface area contributed by atoms with E-state index in [4.69, 9.17) is 14.9 Å². The van der Waals surface area contributed by atoms with Gasteiger partial charge in [-0.05, 0) is 12.5 Å². The van der Waals surface area contributed by atoms with Crippen LogP contribution in [0.3, 0.4) is 0 Å². The number of rotatable bonds is 5. The van der Waals surface area contributed by atoms with Gasteiger partial charge >= 0.3 is 0 Å². The first-order chi connectivity index (χ1) is 7.24. The lowest BCUT2D eigenvalue weighted by Crippen LogP contribution is -2.47. The van der Waals surface area contributed by atoms with Gasteiger partial charge in [0.1, 0.15) is 0 Å². The molecule has 0 bridgehead atoms. The summed E-state index contributed by atoms with van der Waals surface area (Å²) in [6.45, 7) is 7.20. The monoisotopic (exact) mass is 214 g/mol. The van der Waals surface area contributed by atoms with Crippen molar-refractivity contribution in [1.29, 1.82) is 0 Å². The number of ether oxygens (including phenoxy) is 1. The fraction of sp³-hybridized carbons (Fsp3) is 0.909. The minimum Gasteiger partial charge on any atom is -0.724 e. The molecule has 1 heterocycles. The Kier molecular flexibility index (Phi) is 8.19. The molecule has 15 heavy (non-hydrogen) atoms. The largest absolute Gasteiger partial charge is 0.724 e. The van der Waals surface area contributed by atoms with Crippen LogP contribution in [0.1, 0.15) is 32.6 Å². The molecule has 1 aliphatic heterocycles. The average Bonchev–Trinajstić information content (AvgIpc) is 2.66. The highest BCUT2D eigenvalue weighted by atomic mass is 16.5. The molecule has 0 unspecified atom stereocenters. The van der Waals surface area contributed by atoms with E-state index in [2.05, 4.69) is 6.92 Å². The van der Waals surface area contributed by atoms with Crippen LogP contribution >= 0.6 is 0 Å². The Bertz CT molecular complexity index is 183. The van der Waals surface area contributed by atoms with Gasteiger partial charge < -0.3 is 14.6 Å². The van der Waals surface area contributed by atoms with E-state index >= 15 is 0 Å². The number of methoxy groups -OCH3 is 1. The van der Waals surface area contributed by atoms with Gasteiger partial charge in [-0.25, -0.2) is 0 Å². The first-order valence-corrected chi connectivity index (χ1v) is 5.60. The molecule has 88 valence electrons. The Morgan fingerprint density at radius 1 is 1.40 bits per heavy atom. The van der Waals surface area contributed by atoms with Crippen LogP contribution in [0.5, 0.6) is 0 Å². The first kappa shape index (κ1) is 14.3. The fourth-order valence-electron chi connectivity index (χ4n) is 2.19. The van der Waals surface area contributed by atoms with E-state index in [1.54, 1.807) is 0 Å². The Hall–Kier alpha value is -0.700. The van der Waals surface area contributed by atoms with Crippen LogP contribution < -0.4 is 0 Å². The van der Waals surface area contributed by atoms with Crippen molar-refractivity contribution < 1.29 is 14.0 Å². The Balaban J connectivity index is 0.000000583. The van der Waals surface area contributed by atoms with Crippen LogP contribution in [0.15, 0.2) is 0 Å². The molecule has 4 nitrogen and oxygen atoms in total. The van der Waals surface area contributed by atoms with Gasteiger partial charge in [-0.15, -0.1) is 0 Å². The minimum absolute atomic E-state index is 0.500. The molecule has 0 aliphatic carbocycles. The number of hydrogen-bond acceptors (Lipinski definition) is 2. The quantitative estimate of drug-likeness (QED) is 0.398. The normalized spacial score (nSPS) is 17.7. The summed E-state index contributed by atoms with van der Waals surface area (Å²) in [5.41, 5.74) is 0. The lowest BCUT2D eigenvalue weighted by molar-refractivity contribution is -0.934. The Morgan fingerprint density at radius 3 is 2.33 bits per heavy atom. The zero-order valence-corrected chi connectivity index (χ0v) is 9.87. The first-order valence-electron chi connectivity index (χ1n) is 5.60. The average molecular weight is 214 g/mol. The zero-order chi connectivity index (χ0) is 11.6. The molecule has 0 radical (unpaired) electrons. The summed E-state index contributed by atoms with van der Waals surface area (Å²) in [7, 11) is 1.82. The summed E-state index contributed by atoms with van der Waals surface area (Å²) in [4.78, 5) is 8.24. The molecule has 0 atom stereocenters. The second kappa shape index (κ2) is 8.60. The maximum Gasteiger partial charge on any atom is 0.182 e. The second-order valence-corrected chi connectivity index (χ2v) is 4.08. The van der Waals surface area contributed by atoms with Gasteiger partial charge in [0.05, 0.1) is 19.6 Å². The minimum atomic E-state index is 0.500. The van der Waals surface area contributed by atoms with Gasteiger partial charge in [0, 0.05) is 20.0 Å². The Labute approximate surface area is 92.3 Å². The molecule has 0 amide bonds. The molecular weight excluding hydrogens is 192 g/mol. The predicted octanol–water partition coefficient (Wildman–Crippen LogP) is 1.89. The van der Waals surface area contributed by atoms with Gasteiger partial charge in [-0.2, -0.15) is 0 Å². The SMILES string of the molecule is CCCC[N+]1(COC)CCCC1.[N-]=C=O. The van der Waals surface area contributed by atoms with E-state index < -0.39 is 0 Å². The zero-order valence-electron chi connectivity index (χ0n) is 9.87. The summed E-state index contributed by atoms with van der Waals surface area (Å²) in [6, 6.07) is 0. The number of isocyanates is 1. The number of quaternary nitrogens is 1. The standard InChI is InChI=1S/C10H22NO.CNO/c1-3-4-7-11(10-12-2)8-5-6-9-11;2-1-3/h3-10H2,1-2H3;/q+1;-1. The van der Waals surface area contributed by atoms with E-state index in [0.717, 1.165) is 6.73 Å². The number of carbonyl (C=O) groups excluding carboxylic acids is 1. The van der Waals surface area contributed by atoms with Crippen molar-refractivity contribution in [3.63, 3.8) is 0 Å². The highest BCUT2D eigenvalue weighted by Gasteiger charge is 2.30. The maximum atomic E-state index is 8.24. The van der Waals surface area contributed by atoms with Crippen molar-refractivity contribution in [2.24, 2.45) is 0 Å². The van der Waals surface area contributed by atoms with Gasteiger partial charge in [0.25, 0.3) is 0 Å². The summed E-state index contributed by atoms with van der Waals surface area (Å²) >= 11 is 0. The third-order valence-electron chi connectivity index (χ3n) is 2.90. The van der Waals surface area contributed by atoms with Gasteiger partial charge in [0.15, 0.2) is 6.73 Å². The lowest BCUT2D eigenvalue weighted by atomic mass is 10.3. The van der Waals surface area contributed by atoms with Gasteiger partial charge in [-0.3, -0.25) is 4.79 Å².